The number of hydrogen-bond donors (Lipinski definition) is 1. The molecule has 0 aliphatic carbocycles. The number of halogens is 3. The maximum absolute atomic E-state index is 12.4. The Bertz CT molecular complexity index is 495. The molecule has 0 saturated heterocycles. The molecule has 1 N–H and O–H groups in total. The Morgan fingerprint density at radius 2 is 1.89 bits per heavy atom. The third-order valence-electron chi connectivity index (χ3n) is 2.25. The Hall–Kier alpha value is -1.08. The molecule has 0 aliphatic heterocycles. The Kier molecular flexibility index (Phi) is 4.75. The van der Waals surface area contributed by atoms with E-state index in [0.717, 1.165) is 12.1 Å². The molecule has 18 heavy (non-hydrogen) atoms. The molecule has 0 bridgehead atoms. The lowest BCUT2D eigenvalue weighted by molar-refractivity contribution is -0.137. The molecule has 0 spiro atoms. The summed E-state index contributed by atoms with van der Waals surface area (Å²) in [5, 5.41) is 8.53. The summed E-state index contributed by atoms with van der Waals surface area (Å²) in [6.07, 6.45) is -4.40. The number of aliphatic hydroxyl groups excluding tert-OH is 1. The number of benzene rings is 1. The van der Waals surface area contributed by atoms with Crippen LogP contribution in [0.1, 0.15) is 17.5 Å². The third-order valence-corrected chi connectivity index (χ3v) is 3.94. The van der Waals surface area contributed by atoms with Crippen LogP contribution in [0.3, 0.4) is 0 Å². The molecule has 0 radical (unpaired) electrons. The lowest BCUT2D eigenvalue weighted by Gasteiger charge is -2.09. The van der Waals surface area contributed by atoms with Gasteiger partial charge in [-0.1, -0.05) is 18.2 Å². The molecular formula is C11H13F3O3S. The van der Waals surface area contributed by atoms with Crippen LogP contribution in [0.15, 0.2) is 24.3 Å². The van der Waals surface area contributed by atoms with Crippen molar-refractivity contribution in [3.63, 3.8) is 0 Å². The standard InChI is InChI=1S/C11H13F3O3S/c12-11(13,14)10-4-1-3-9(7-10)8-18(16,17)6-2-5-15/h1,3-4,7,15H,2,5-6,8H2. The molecule has 1 rings (SSSR count). The van der Waals surface area contributed by atoms with Crippen molar-refractivity contribution < 1.29 is 26.7 Å². The van der Waals surface area contributed by atoms with E-state index in [9.17, 15) is 21.6 Å². The Morgan fingerprint density at radius 3 is 2.44 bits per heavy atom. The zero-order valence-electron chi connectivity index (χ0n) is 9.44. The van der Waals surface area contributed by atoms with E-state index in [2.05, 4.69) is 0 Å². The maximum Gasteiger partial charge on any atom is 0.416 e. The fourth-order valence-electron chi connectivity index (χ4n) is 1.45. The number of alkyl halides is 3. The van der Waals surface area contributed by atoms with E-state index < -0.39 is 27.3 Å². The topological polar surface area (TPSA) is 54.4 Å². The van der Waals surface area contributed by atoms with Gasteiger partial charge in [0.15, 0.2) is 9.84 Å². The number of hydrogen-bond acceptors (Lipinski definition) is 3. The van der Waals surface area contributed by atoms with Crippen LogP contribution in [0.25, 0.3) is 0 Å². The predicted octanol–water partition coefficient (Wildman–Crippen LogP) is 2.00. The second kappa shape index (κ2) is 5.71. The highest BCUT2D eigenvalue weighted by Gasteiger charge is 2.30. The van der Waals surface area contributed by atoms with Gasteiger partial charge >= 0.3 is 6.18 Å². The van der Waals surface area contributed by atoms with Crippen molar-refractivity contribution in [3.05, 3.63) is 35.4 Å². The minimum absolute atomic E-state index is 0.0846. The van der Waals surface area contributed by atoms with Gasteiger partial charge in [0.2, 0.25) is 0 Å². The van der Waals surface area contributed by atoms with Gasteiger partial charge in [-0.15, -0.1) is 0 Å². The van der Waals surface area contributed by atoms with Crippen molar-refractivity contribution in [2.45, 2.75) is 18.3 Å². The van der Waals surface area contributed by atoms with Gasteiger partial charge < -0.3 is 5.11 Å². The van der Waals surface area contributed by atoms with Gasteiger partial charge in [-0.3, -0.25) is 0 Å². The molecule has 0 saturated carbocycles. The largest absolute Gasteiger partial charge is 0.416 e. The van der Waals surface area contributed by atoms with Crippen molar-refractivity contribution in [3.8, 4) is 0 Å². The highest BCUT2D eigenvalue weighted by Crippen LogP contribution is 2.29. The Balaban J connectivity index is 2.86. The number of aliphatic hydroxyl groups is 1. The second-order valence-electron chi connectivity index (χ2n) is 3.87. The minimum Gasteiger partial charge on any atom is -0.396 e. The molecule has 1 aromatic rings. The maximum atomic E-state index is 12.4. The fraction of sp³-hybridized carbons (Fsp3) is 0.455. The summed E-state index contributed by atoms with van der Waals surface area (Å²) >= 11 is 0. The van der Waals surface area contributed by atoms with E-state index in [1.165, 1.54) is 12.1 Å². The average molecular weight is 282 g/mol. The molecule has 3 nitrogen and oxygen atoms in total. The zero-order valence-corrected chi connectivity index (χ0v) is 10.3. The molecule has 7 heteroatoms. The van der Waals surface area contributed by atoms with Gasteiger partial charge in [-0.2, -0.15) is 13.2 Å². The number of rotatable bonds is 5. The van der Waals surface area contributed by atoms with E-state index in [1.54, 1.807) is 0 Å². The summed E-state index contributed by atoms with van der Waals surface area (Å²) in [4.78, 5) is 0. The molecule has 0 heterocycles. The van der Waals surface area contributed by atoms with Crippen molar-refractivity contribution in [1.29, 1.82) is 0 Å². The lowest BCUT2D eigenvalue weighted by Crippen LogP contribution is -2.12. The molecule has 0 amide bonds. The highest BCUT2D eigenvalue weighted by molar-refractivity contribution is 7.90. The zero-order chi connectivity index (χ0) is 13.8. The van der Waals surface area contributed by atoms with Gasteiger partial charge in [0, 0.05) is 6.61 Å². The predicted molar refractivity (Wildman–Crippen MR) is 60.6 cm³/mol. The normalized spacial score (nSPS) is 12.7. The minimum atomic E-state index is -4.48. The molecule has 0 atom stereocenters. The van der Waals surface area contributed by atoms with Gasteiger partial charge in [-0.25, -0.2) is 8.42 Å². The smallest absolute Gasteiger partial charge is 0.396 e. The highest BCUT2D eigenvalue weighted by atomic mass is 32.2. The molecule has 102 valence electrons. The summed E-state index contributed by atoms with van der Waals surface area (Å²) < 4.78 is 60.3. The molecular weight excluding hydrogens is 269 g/mol. The molecule has 0 aromatic heterocycles. The first-order valence-corrected chi connectivity index (χ1v) is 7.04. The molecule has 0 unspecified atom stereocenters. The monoisotopic (exact) mass is 282 g/mol. The average Bonchev–Trinajstić information content (AvgIpc) is 2.25. The fourth-order valence-corrected chi connectivity index (χ4v) is 2.85. The van der Waals surface area contributed by atoms with Crippen molar-refractivity contribution in [2.75, 3.05) is 12.4 Å². The van der Waals surface area contributed by atoms with Gasteiger partial charge in [0.1, 0.15) is 0 Å². The summed E-state index contributed by atoms with van der Waals surface area (Å²) in [5.74, 6) is -0.684. The lowest BCUT2D eigenvalue weighted by atomic mass is 10.1. The van der Waals surface area contributed by atoms with E-state index in [4.69, 9.17) is 5.11 Å². The molecule has 0 aliphatic rings. The molecule has 1 aromatic carbocycles. The van der Waals surface area contributed by atoms with E-state index in [-0.39, 0.29) is 24.3 Å². The van der Waals surface area contributed by atoms with Crippen LogP contribution in [-0.4, -0.2) is 25.9 Å². The summed E-state index contributed by atoms with van der Waals surface area (Å²) in [6.45, 7) is -0.262. The Labute approximate surface area is 103 Å². The van der Waals surface area contributed by atoms with Crippen LogP contribution in [-0.2, 0) is 21.8 Å². The van der Waals surface area contributed by atoms with Crippen molar-refractivity contribution in [2.24, 2.45) is 0 Å². The first-order valence-electron chi connectivity index (χ1n) is 5.22. The molecule has 0 fully saturated rings. The van der Waals surface area contributed by atoms with Crippen molar-refractivity contribution in [1.82, 2.24) is 0 Å². The van der Waals surface area contributed by atoms with Crippen LogP contribution in [0.4, 0.5) is 13.2 Å². The SMILES string of the molecule is O=S(=O)(CCCO)Cc1cccc(C(F)(F)F)c1. The Morgan fingerprint density at radius 1 is 1.22 bits per heavy atom. The van der Waals surface area contributed by atoms with E-state index in [1.807, 2.05) is 0 Å². The van der Waals surface area contributed by atoms with Crippen LogP contribution in [0.2, 0.25) is 0 Å². The van der Waals surface area contributed by atoms with Crippen molar-refractivity contribution >= 4 is 9.84 Å². The van der Waals surface area contributed by atoms with Gasteiger partial charge in [0.05, 0.1) is 17.1 Å². The summed E-state index contributed by atoms with van der Waals surface area (Å²) in [6, 6.07) is 4.24. The van der Waals surface area contributed by atoms with Crippen LogP contribution in [0.5, 0.6) is 0 Å². The van der Waals surface area contributed by atoms with Crippen LogP contribution < -0.4 is 0 Å². The van der Waals surface area contributed by atoms with Gasteiger partial charge in [-0.05, 0) is 18.1 Å². The quantitative estimate of drug-likeness (QED) is 0.898. The van der Waals surface area contributed by atoms with E-state index >= 15 is 0 Å². The van der Waals surface area contributed by atoms with Crippen LogP contribution in [0, 0.1) is 0 Å². The van der Waals surface area contributed by atoms with Gasteiger partial charge in [0.25, 0.3) is 0 Å². The van der Waals surface area contributed by atoms with E-state index in [0.29, 0.717) is 0 Å². The third kappa shape index (κ3) is 4.66. The summed E-state index contributed by atoms with van der Waals surface area (Å²) in [7, 11) is -3.49. The first-order chi connectivity index (χ1) is 8.24. The summed E-state index contributed by atoms with van der Waals surface area (Å²) in [5.41, 5.74) is -0.764. The van der Waals surface area contributed by atoms with Crippen LogP contribution >= 0.6 is 0 Å². The number of sulfone groups is 1. The first kappa shape index (κ1) is 15.0. The second-order valence-corrected chi connectivity index (χ2v) is 6.05.